The smallest absolute Gasteiger partial charge is 0.258 e. The summed E-state index contributed by atoms with van der Waals surface area (Å²) in [4.78, 5) is 29.7. The predicted octanol–water partition coefficient (Wildman–Crippen LogP) is 2.19. The molecule has 1 unspecified atom stereocenters. The Kier molecular flexibility index (Phi) is 3.25. The fourth-order valence-corrected chi connectivity index (χ4v) is 3.01. The van der Waals surface area contributed by atoms with Crippen molar-refractivity contribution >= 4 is 16.9 Å². The Bertz CT molecular complexity index is 908. The highest BCUT2D eigenvalue weighted by atomic mass is 19.1. The number of halogens is 1. The first-order chi connectivity index (χ1) is 11.2. The second-order valence-electron chi connectivity index (χ2n) is 5.52. The van der Waals surface area contributed by atoms with Gasteiger partial charge in [0.25, 0.3) is 5.56 Å². The zero-order valence-electron chi connectivity index (χ0n) is 12.2. The first-order valence-electron chi connectivity index (χ1n) is 7.45. The van der Waals surface area contributed by atoms with Gasteiger partial charge in [0.1, 0.15) is 5.82 Å². The summed E-state index contributed by atoms with van der Waals surface area (Å²) in [6, 6.07) is 7.13. The van der Waals surface area contributed by atoms with Crippen LogP contribution in [0.4, 0.5) is 10.3 Å². The van der Waals surface area contributed by atoms with Crippen molar-refractivity contribution in [3.8, 4) is 0 Å². The molecule has 3 heterocycles. The number of anilines is 1. The Morgan fingerprint density at radius 3 is 2.83 bits per heavy atom. The minimum atomic E-state index is -0.471. The fraction of sp³-hybridized carbons (Fsp3) is 0.250. The third kappa shape index (κ3) is 2.44. The maximum absolute atomic E-state index is 13.0. The van der Waals surface area contributed by atoms with Gasteiger partial charge in [-0.2, -0.15) is 0 Å². The molecule has 0 aliphatic carbocycles. The summed E-state index contributed by atoms with van der Waals surface area (Å²) < 4.78 is 13.0. The van der Waals surface area contributed by atoms with Crippen LogP contribution in [0.15, 0.2) is 41.5 Å². The zero-order chi connectivity index (χ0) is 15.8. The number of H-pyrrole nitrogens is 1. The number of hydrogen-bond acceptors (Lipinski definition) is 5. The number of nitrogens with zero attached hydrogens (tertiary/aromatic N) is 4. The molecule has 0 bridgehead atoms. The predicted molar refractivity (Wildman–Crippen MR) is 83.7 cm³/mol. The summed E-state index contributed by atoms with van der Waals surface area (Å²) >= 11 is 0. The summed E-state index contributed by atoms with van der Waals surface area (Å²) in [5.41, 5.74) is 0.510. The molecule has 1 fully saturated rings. The molecule has 1 saturated heterocycles. The summed E-state index contributed by atoms with van der Waals surface area (Å²) in [5.74, 6) is 0.575. The Morgan fingerprint density at radius 1 is 1.22 bits per heavy atom. The molecule has 116 valence electrons. The van der Waals surface area contributed by atoms with E-state index in [1.54, 1.807) is 6.07 Å². The molecule has 0 spiro atoms. The summed E-state index contributed by atoms with van der Waals surface area (Å²) in [6.07, 6.45) is 4.06. The van der Waals surface area contributed by atoms with E-state index >= 15 is 0 Å². The van der Waals surface area contributed by atoms with E-state index in [0.29, 0.717) is 22.7 Å². The van der Waals surface area contributed by atoms with E-state index in [1.165, 1.54) is 0 Å². The molecule has 3 aromatic rings. The van der Waals surface area contributed by atoms with Gasteiger partial charge in [-0.25, -0.2) is 19.3 Å². The van der Waals surface area contributed by atoms with Crippen LogP contribution in [0.25, 0.3) is 10.9 Å². The third-order valence-electron chi connectivity index (χ3n) is 4.06. The van der Waals surface area contributed by atoms with Gasteiger partial charge in [0.15, 0.2) is 5.82 Å². The first-order valence-corrected chi connectivity index (χ1v) is 7.45. The molecule has 1 atom stereocenters. The summed E-state index contributed by atoms with van der Waals surface area (Å²) in [5, 5.41) is 0.568. The average Bonchev–Trinajstić information content (AvgIpc) is 3.05. The Hall–Kier alpha value is -2.83. The van der Waals surface area contributed by atoms with Crippen LogP contribution in [0, 0.1) is 5.82 Å². The highest BCUT2D eigenvalue weighted by molar-refractivity contribution is 5.77. The van der Waals surface area contributed by atoms with Crippen LogP contribution in [-0.4, -0.2) is 26.5 Å². The first kappa shape index (κ1) is 13.8. The molecule has 0 amide bonds. The maximum atomic E-state index is 13.0. The second kappa shape index (κ2) is 5.42. The minimum Gasteiger partial charge on any atom is -0.331 e. The lowest BCUT2D eigenvalue weighted by atomic mass is 10.2. The van der Waals surface area contributed by atoms with Crippen molar-refractivity contribution in [2.45, 2.75) is 18.9 Å². The lowest BCUT2D eigenvalue weighted by Gasteiger charge is -2.23. The molecule has 1 N–H and O–H groups in total. The highest BCUT2D eigenvalue weighted by Gasteiger charge is 2.30. The number of hydrogen-bond donors (Lipinski definition) is 1. The second-order valence-corrected chi connectivity index (χ2v) is 5.52. The van der Waals surface area contributed by atoms with Crippen molar-refractivity contribution in [1.29, 1.82) is 0 Å². The maximum Gasteiger partial charge on any atom is 0.258 e. The molecule has 23 heavy (non-hydrogen) atoms. The standard InChI is InChI=1S/C16H14FN5O/c17-10-8-18-16(19-9-10)22-7-3-6-13(22)14-20-12-5-2-1-4-11(12)15(23)21-14/h1-2,4-5,8-9,13H,3,6-7H2,(H,20,21,23). The van der Waals surface area contributed by atoms with E-state index in [4.69, 9.17) is 0 Å². The van der Waals surface area contributed by atoms with Gasteiger partial charge < -0.3 is 9.88 Å². The molecule has 0 radical (unpaired) electrons. The third-order valence-corrected chi connectivity index (χ3v) is 4.06. The molecule has 4 rings (SSSR count). The molecular weight excluding hydrogens is 297 g/mol. The zero-order valence-corrected chi connectivity index (χ0v) is 12.2. The molecule has 0 saturated carbocycles. The van der Waals surface area contributed by atoms with Crippen molar-refractivity contribution in [2.75, 3.05) is 11.4 Å². The molecule has 6 nitrogen and oxygen atoms in total. The topological polar surface area (TPSA) is 74.8 Å². The largest absolute Gasteiger partial charge is 0.331 e. The molecule has 1 aliphatic heterocycles. The van der Waals surface area contributed by atoms with Crippen LogP contribution >= 0.6 is 0 Å². The Labute approximate surface area is 131 Å². The summed E-state index contributed by atoms with van der Waals surface area (Å²) in [7, 11) is 0. The Morgan fingerprint density at radius 2 is 2.00 bits per heavy atom. The van der Waals surface area contributed by atoms with Gasteiger partial charge in [-0.05, 0) is 25.0 Å². The van der Waals surface area contributed by atoms with Crippen LogP contribution in [0.3, 0.4) is 0 Å². The normalized spacial score (nSPS) is 17.8. The van der Waals surface area contributed by atoms with E-state index in [0.717, 1.165) is 31.8 Å². The lowest BCUT2D eigenvalue weighted by molar-refractivity contribution is 0.605. The minimum absolute atomic E-state index is 0.113. The quantitative estimate of drug-likeness (QED) is 0.785. The van der Waals surface area contributed by atoms with Crippen LogP contribution in [0.5, 0.6) is 0 Å². The van der Waals surface area contributed by atoms with Gasteiger partial charge in [-0.3, -0.25) is 4.79 Å². The van der Waals surface area contributed by atoms with E-state index in [1.807, 2.05) is 23.1 Å². The van der Waals surface area contributed by atoms with Crippen molar-refractivity contribution in [2.24, 2.45) is 0 Å². The van der Waals surface area contributed by atoms with Gasteiger partial charge in [0.05, 0.1) is 29.3 Å². The van der Waals surface area contributed by atoms with Crippen molar-refractivity contribution in [3.05, 3.63) is 58.7 Å². The van der Waals surface area contributed by atoms with Crippen LogP contribution in [0.1, 0.15) is 24.7 Å². The van der Waals surface area contributed by atoms with Crippen LogP contribution < -0.4 is 10.5 Å². The average molecular weight is 311 g/mol. The lowest BCUT2D eigenvalue weighted by Crippen LogP contribution is -2.27. The Balaban J connectivity index is 1.77. The van der Waals surface area contributed by atoms with E-state index in [-0.39, 0.29) is 11.6 Å². The van der Waals surface area contributed by atoms with Crippen molar-refractivity contribution in [1.82, 2.24) is 19.9 Å². The van der Waals surface area contributed by atoms with Crippen LogP contribution in [-0.2, 0) is 0 Å². The fourth-order valence-electron chi connectivity index (χ4n) is 3.01. The highest BCUT2D eigenvalue weighted by Crippen LogP contribution is 2.32. The van der Waals surface area contributed by atoms with Gasteiger partial charge in [-0.1, -0.05) is 12.1 Å². The molecule has 1 aromatic carbocycles. The van der Waals surface area contributed by atoms with Crippen LogP contribution in [0.2, 0.25) is 0 Å². The van der Waals surface area contributed by atoms with Gasteiger partial charge in [-0.15, -0.1) is 0 Å². The SMILES string of the molecule is O=c1[nH]c(C2CCCN2c2ncc(F)cn2)nc2ccccc12. The molecule has 1 aliphatic rings. The van der Waals surface area contributed by atoms with Crippen molar-refractivity contribution in [3.63, 3.8) is 0 Å². The summed E-state index contributed by atoms with van der Waals surface area (Å²) in [6.45, 7) is 0.743. The number of aromatic amines is 1. The number of para-hydroxylation sites is 1. The number of rotatable bonds is 2. The van der Waals surface area contributed by atoms with Gasteiger partial charge in [0.2, 0.25) is 5.95 Å². The van der Waals surface area contributed by atoms with E-state index in [9.17, 15) is 9.18 Å². The molecular formula is C16H14FN5O. The van der Waals surface area contributed by atoms with Gasteiger partial charge >= 0.3 is 0 Å². The van der Waals surface area contributed by atoms with Gasteiger partial charge in [0, 0.05) is 6.54 Å². The number of aromatic nitrogens is 4. The monoisotopic (exact) mass is 311 g/mol. The van der Waals surface area contributed by atoms with E-state index < -0.39 is 5.82 Å². The molecule has 2 aromatic heterocycles. The number of nitrogens with one attached hydrogen (secondary N) is 1. The molecule has 7 heteroatoms. The van der Waals surface area contributed by atoms with Crippen molar-refractivity contribution < 1.29 is 4.39 Å². The number of benzene rings is 1. The van der Waals surface area contributed by atoms with E-state index in [2.05, 4.69) is 19.9 Å². The number of fused-ring (bicyclic) bond motifs is 1.